The Morgan fingerprint density at radius 3 is 2.60 bits per heavy atom. The van der Waals surface area contributed by atoms with Gasteiger partial charge in [0.05, 0.1) is 6.54 Å². The summed E-state index contributed by atoms with van der Waals surface area (Å²) in [7, 11) is 0. The Hall–Kier alpha value is -3.56. The van der Waals surface area contributed by atoms with E-state index in [4.69, 9.17) is 15.9 Å². The van der Waals surface area contributed by atoms with Gasteiger partial charge < -0.3 is 31.9 Å². The number of nitrogens with two attached hydrogens (primary N) is 1. The molecule has 10 heteroatoms. The monoisotopic (exact) mass is 415 g/mol. The molecular weight excluding hydrogens is 390 g/mol. The molecule has 30 heavy (non-hydrogen) atoms. The van der Waals surface area contributed by atoms with Crippen LogP contribution in [-0.2, 0) is 16.0 Å². The van der Waals surface area contributed by atoms with Crippen molar-refractivity contribution < 1.29 is 24.6 Å². The molecular formula is C20H25N5O5. The summed E-state index contributed by atoms with van der Waals surface area (Å²) in [6.07, 6.45) is 3.19. The molecule has 0 aromatic heterocycles. The van der Waals surface area contributed by atoms with Crippen LogP contribution in [0.15, 0.2) is 41.0 Å². The number of rotatable bonds is 9. The number of aryl methyl sites for hydroxylation is 1. The fourth-order valence-electron chi connectivity index (χ4n) is 3.54. The molecule has 3 rings (SSSR count). The minimum atomic E-state index is -1.26. The van der Waals surface area contributed by atoms with Gasteiger partial charge in [-0.05, 0) is 48.7 Å². The second-order valence-corrected chi connectivity index (χ2v) is 7.33. The van der Waals surface area contributed by atoms with Gasteiger partial charge >= 0.3 is 11.9 Å². The van der Waals surface area contributed by atoms with Crippen molar-refractivity contribution in [3.05, 3.63) is 47.2 Å². The first-order valence-corrected chi connectivity index (χ1v) is 9.69. The van der Waals surface area contributed by atoms with E-state index < -0.39 is 23.9 Å². The largest absolute Gasteiger partial charge is 0.481 e. The van der Waals surface area contributed by atoms with Gasteiger partial charge in [0.15, 0.2) is 5.96 Å². The third-order valence-corrected chi connectivity index (χ3v) is 5.26. The number of nitrogens with zero attached hydrogens (tertiary/aromatic N) is 1. The molecule has 2 aliphatic rings. The molecule has 0 bridgehead atoms. The van der Waals surface area contributed by atoms with Crippen LogP contribution in [-0.4, -0.2) is 52.8 Å². The lowest BCUT2D eigenvalue weighted by Crippen LogP contribution is -2.52. The minimum absolute atomic E-state index is 0.0758. The van der Waals surface area contributed by atoms with Crippen LogP contribution < -0.4 is 21.7 Å². The van der Waals surface area contributed by atoms with Gasteiger partial charge in [-0.1, -0.05) is 12.1 Å². The first-order valence-electron chi connectivity index (χ1n) is 9.69. The number of hydrogen-bond donors (Lipinski definition) is 6. The Bertz CT molecular complexity index is 880. The van der Waals surface area contributed by atoms with E-state index in [9.17, 15) is 14.4 Å². The number of carbonyl (C=O) groups excluding carboxylic acids is 1. The molecule has 2 unspecified atom stereocenters. The van der Waals surface area contributed by atoms with Crippen molar-refractivity contribution in [3.8, 4) is 0 Å². The summed E-state index contributed by atoms with van der Waals surface area (Å²) < 4.78 is 0. The molecule has 2 heterocycles. The molecule has 1 aromatic carbocycles. The summed E-state index contributed by atoms with van der Waals surface area (Å²) in [5.41, 5.74) is 8.33. The normalized spacial score (nSPS) is 20.7. The Morgan fingerprint density at radius 1 is 1.20 bits per heavy atom. The highest BCUT2D eigenvalue weighted by atomic mass is 16.4. The van der Waals surface area contributed by atoms with Crippen LogP contribution in [0.2, 0.25) is 0 Å². The van der Waals surface area contributed by atoms with E-state index in [0.717, 1.165) is 18.4 Å². The van der Waals surface area contributed by atoms with Crippen molar-refractivity contribution in [2.24, 2.45) is 16.6 Å². The number of carboxylic acids is 2. The van der Waals surface area contributed by atoms with E-state index >= 15 is 0 Å². The quantitative estimate of drug-likeness (QED) is 0.328. The minimum Gasteiger partial charge on any atom is -0.481 e. The summed E-state index contributed by atoms with van der Waals surface area (Å²) >= 11 is 0. The summed E-state index contributed by atoms with van der Waals surface area (Å²) in [5, 5.41) is 26.6. The van der Waals surface area contributed by atoms with E-state index in [1.165, 1.54) is 5.57 Å². The van der Waals surface area contributed by atoms with Crippen LogP contribution in [0, 0.1) is 5.92 Å². The number of guanidine groups is 1. The lowest BCUT2D eigenvalue weighted by atomic mass is 9.93. The number of carboxylic acid groups (broad SMARTS) is 2. The lowest BCUT2D eigenvalue weighted by molar-refractivity contribution is -0.140. The molecule has 1 amide bonds. The zero-order chi connectivity index (χ0) is 21.7. The van der Waals surface area contributed by atoms with E-state index in [0.29, 0.717) is 18.1 Å². The molecule has 10 nitrogen and oxygen atoms in total. The summed E-state index contributed by atoms with van der Waals surface area (Å²) in [6, 6.07) is 5.69. The van der Waals surface area contributed by atoms with Gasteiger partial charge in [-0.2, -0.15) is 0 Å². The number of nitrogens with one attached hydrogen (secondary N) is 3. The third-order valence-electron chi connectivity index (χ3n) is 5.26. The predicted molar refractivity (Wildman–Crippen MR) is 109 cm³/mol. The van der Waals surface area contributed by atoms with Crippen LogP contribution in [0.1, 0.15) is 35.2 Å². The number of benzene rings is 1. The maximum atomic E-state index is 12.3. The SMILES string of the molecule is NC1=NCC2C(CCc3ccc(C(=O)N[C@@H](CCC(=O)O)C(=O)O)cc3)=CNC2N1. The highest BCUT2D eigenvalue weighted by Crippen LogP contribution is 2.26. The lowest BCUT2D eigenvalue weighted by Gasteiger charge is -2.27. The molecule has 7 N–H and O–H groups in total. The van der Waals surface area contributed by atoms with E-state index in [1.807, 2.05) is 18.3 Å². The van der Waals surface area contributed by atoms with Crippen molar-refractivity contribution in [2.45, 2.75) is 37.9 Å². The van der Waals surface area contributed by atoms with Crippen molar-refractivity contribution >= 4 is 23.8 Å². The molecule has 2 aliphatic heterocycles. The fourth-order valence-corrected chi connectivity index (χ4v) is 3.54. The van der Waals surface area contributed by atoms with E-state index in [-0.39, 0.29) is 24.9 Å². The maximum absolute atomic E-state index is 12.3. The smallest absolute Gasteiger partial charge is 0.326 e. The molecule has 0 aliphatic carbocycles. The molecule has 0 spiro atoms. The van der Waals surface area contributed by atoms with Crippen LogP contribution in [0.25, 0.3) is 0 Å². The van der Waals surface area contributed by atoms with Gasteiger partial charge in [-0.25, -0.2) is 4.79 Å². The molecule has 3 atom stereocenters. The fraction of sp³-hybridized carbons (Fsp3) is 0.400. The van der Waals surface area contributed by atoms with Crippen LogP contribution >= 0.6 is 0 Å². The van der Waals surface area contributed by atoms with Gasteiger partial charge in [-0.3, -0.25) is 14.6 Å². The van der Waals surface area contributed by atoms with Gasteiger partial charge in [-0.15, -0.1) is 0 Å². The molecule has 0 saturated carbocycles. The number of amides is 1. The Balaban J connectivity index is 1.52. The second-order valence-electron chi connectivity index (χ2n) is 7.33. The van der Waals surface area contributed by atoms with Crippen molar-refractivity contribution in [1.29, 1.82) is 0 Å². The average Bonchev–Trinajstić information content (AvgIpc) is 3.11. The number of fused-ring (bicyclic) bond motifs is 1. The highest BCUT2D eigenvalue weighted by molar-refractivity contribution is 5.96. The standard InChI is InChI=1S/C20H25N5O5/c21-20-23-10-14-13(9-22-17(14)25-20)6-3-11-1-4-12(5-2-11)18(28)24-15(19(29)30)7-8-16(26)27/h1-2,4-5,9,14-15,17,22H,3,6-8,10H2,(H,24,28)(H,26,27)(H,29,30)(H3,21,23,25)/t14?,15-,17?/m0/s1. The van der Waals surface area contributed by atoms with Gasteiger partial charge in [0.1, 0.15) is 12.2 Å². The van der Waals surface area contributed by atoms with Crippen LogP contribution in [0.4, 0.5) is 0 Å². The number of hydrogen-bond acceptors (Lipinski definition) is 7. The van der Waals surface area contributed by atoms with Crippen molar-refractivity contribution in [1.82, 2.24) is 16.0 Å². The van der Waals surface area contributed by atoms with Gasteiger partial charge in [0.25, 0.3) is 5.91 Å². The zero-order valence-corrected chi connectivity index (χ0v) is 16.3. The molecule has 0 fully saturated rings. The molecule has 160 valence electrons. The predicted octanol–water partition coefficient (Wildman–Crippen LogP) is 0.0143. The van der Waals surface area contributed by atoms with E-state index in [1.54, 1.807) is 12.1 Å². The average molecular weight is 415 g/mol. The summed E-state index contributed by atoms with van der Waals surface area (Å²) in [6.45, 7) is 0.647. The number of carbonyl (C=O) groups is 3. The molecule has 0 saturated heterocycles. The van der Waals surface area contributed by atoms with Crippen LogP contribution in [0.3, 0.4) is 0 Å². The summed E-state index contributed by atoms with van der Waals surface area (Å²) in [5.74, 6) is -2.21. The Labute approximate surface area is 173 Å². The molecule has 1 aromatic rings. The first kappa shape index (κ1) is 21.2. The topological polar surface area (TPSA) is 166 Å². The van der Waals surface area contributed by atoms with Crippen molar-refractivity contribution in [3.63, 3.8) is 0 Å². The van der Waals surface area contributed by atoms with Gasteiger partial charge in [0.2, 0.25) is 0 Å². The second kappa shape index (κ2) is 9.29. The number of aliphatic imine (C=N–C) groups is 1. The van der Waals surface area contributed by atoms with Gasteiger partial charge in [0, 0.05) is 17.9 Å². The molecule has 0 radical (unpaired) electrons. The zero-order valence-electron chi connectivity index (χ0n) is 16.3. The van der Waals surface area contributed by atoms with Crippen LogP contribution in [0.5, 0.6) is 0 Å². The number of aliphatic carboxylic acids is 2. The highest BCUT2D eigenvalue weighted by Gasteiger charge is 2.32. The summed E-state index contributed by atoms with van der Waals surface area (Å²) in [4.78, 5) is 38.4. The Kier molecular flexibility index (Phi) is 6.55. The Morgan fingerprint density at radius 2 is 1.93 bits per heavy atom. The van der Waals surface area contributed by atoms with E-state index in [2.05, 4.69) is 20.9 Å². The first-order chi connectivity index (χ1) is 14.3. The third kappa shape index (κ3) is 5.28. The van der Waals surface area contributed by atoms with Crippen molar-refractivity contribution in [2.75, 3.05) is 6.54 Å². The maximum Gasteiger partial charge on any atom is 0.326 e.